The van der Waals surface area contributed by atoms with E-state index in [1.165, 1.54) is 0 Å². The van der Waals surface area contributed by atoms with Gasteiger partial charge in [-0.1, -0.05) is 13.8 Å². The minimum absolute atomic E-state index is 0.00472. The molecule has 0 aromatic carbocycles. The smallest absolute Gasteiger partial charge is 0.309 e. The monoisotopic (exact) mass is 158 g/mol. The predicted octanol–water partition coefficient (Wildman–Crippen LogP) is 1.13. The molecule has 2 atom stereocenters. The van der Waals surface area contributed by atoms with E-state index in [0.29, 0.717) is 12.5 Å². The Morgan fingerprint density at radius 2 is 2.27 bits per heavy atom. The van der Waals surface area contributed by atoms with Crippen LogP contribution in [0.5, 0.6) is 0 Å². The van der Waals surface area contributed by atoms with Gasteiger partial charge in [0.2, 0.25) is 0 Å². The highest BCUT2D eigenvalue weighted by Crippen LogP contribution is 2.26. The molecule has 1 heterocycles. The summed E-state index contributed by atoms with van der Waals surface area (Å²) in [6.45, 7) is 4.68. The third-order valence-corrected chi connectivity index (χ3v) is 1.85. The van der Waals surface area contributed by atoms with E-state index >= 15 is 0 Å². The van der Waals surface area contributed by atoms with Gasteiger partial charge in [0.1, 0.15) is 0 Å². The van der Waals surface area contributed by atoms with Crippen molar-refractivity contribution in [1.82, 2.24) is 0 Å². The van der Waals surface area contributed by atoms with E-state index in [-0.39, 0.29) is 12.0 Å². The van der Waals surface area contributed by atoms with Crippen LogP contribution >= 0.6 is 0 Å². The van der Waals surface area contributed by atoms with Crippen LogP contribution in [-0.2, 0) is 9.53 Å². The average molecular weight is 158 g/mol. The van der Waals surface area contributed by atoms with Gasteiger partial charge in [0.05, 0.1) is 18.6 Å². The fourth-order valence-corrected chi connectivity index (χ4v) is 1.21. The topological polar surface area (TPSA) is 49.8 Å². The number of carboxylic acid groups (broad SMARTS) is 1. The van der Waals surface area contributed by atoms with Gasteiger partial charge in [-0.2, -0.15) is 0 Å². The molecule has 0 unspecified atom stereocenters. The van der Waals surface area contributed by atoms with Crippen LogP contribution in [0.1, 0.15) is 20.3 Å². The van der Waals surface area contributed by atoms with Gasteiger partial charge >= 0.3 is 5.97 Å². The molecule has 0 amide bonds. The minimum atomic E-state index is -0.721. The molecule has 1 saturated heterocycles. The summed E-state index contributed by atoms with van der Waals surface area (Å²) in [7, 11) is 0. The number of carboxylic acids is 1. The number of aliphatic carboxylic acids is 1. The largest absolute Gasteiger partial charge is 0.481 e. The van der Waals surface area contributed by atoms with E-state index in [0.717, 1.165) is 6.42 Å². The normalized spacial score (nSPS) is 25.2. The molecule has 1 rings (SSSR count). The summed E-state index contributed by atoms with van der Waals surface area (Å²) in [6.07, 6.45) is 0.717. The van der Waals surface area contributed by atoms with Crippen molar-refractivity contribution in [2.75, 3.05) is 6.61 Å². The number of rotatable bonds is 4. The van der Waals surface area contributed by atoms with Crippen molar-refractivity contribution in [3.63, 3.8) is 0 Å². The maximum atomic E-state index is 10.6. The van der Waals surface area contributed by atoms with Crippen molar-refractivity contribution in [3.05, 3.63) is 0 Å². The maximum absolute atomic E-state index is 10.6. The zero-order chi connectivity index (χ0) is 8.43. The van der Waals surface area contributed by atoms with Gasteiger partial charge in [-0.25, -0.2) is 0 Å². The lowest BCUT2D eigenvalue weighted by atomic mass is 9.95. The third-order valence-electron chi connectivity index (χ3n) is 1.85. The minimum Gasteiger partial charge on any atom is -0.481 e. The van der Waals surface area contributed by atoms with Gasteiger partial charge in [-0.05, 0) is 12.3 Å². The third kappa shape index (κ3) is 2.50. The van der Waals surface area contributed by atoms with Crippen molar-refractivity contribution in [2.45, 2.75) is 26.4 Å². The molecule has 0 aromatic rings. The van der Waals surface area contributed by atoms with Crippen molar-refractivity contribution in [2.24, 2.45) is 11.8 Å². The first-order valence-corrected chi connectivity index (χ1v) is 3.95. The van der Waals surface area contributed by atoms with Gasteiger partial charge in [-0.3, -0.25) is 4.79 Å². The Labute approximate surface area is 66.4 Å². The lowest BCUT2D eigenvalue weighted by Crippen LogP contribution is -2.21. The van der Waals surface area contributed by atoms with E-state index in [2.05, 4.69) is 0 Å². The SMILES string of the molecule is CC(C)C[C@H](C(=O)O)[C@@H]1CO1. The summed E-state index contributed by atoms with van der Waals surface area (Å²) in [5, 5.41) is 8.75. The van der Waals surface area contributed by atoms with Gasteiger partial charge in [0, 0.05) is 0 Å². The fraction of sp³-hybridized carbons (Fsp3) is 0.875. The van der Waals surface area contributed by atoms with Crippen LogP contribution in [0.2, 0.25) is 0 Å². The van der Waals surface area contributed by atoms with Crippen molar-refractivity contribution in [1.29, 1.82) is 0 Å². The van der Waals surface area contributed by atoms with Crippen LogP contribution in [0.4, 0.5) is 0 Å². The van der Waals surface area contributed by atoms with Crippen LogP contribution in [0.15, 0.2) is 0 Å². The molecule has 0 spiro atoms. The average Bonchev–Trinajstić information content (AvgIpc) is 2.63. The first-order chi connectivity index (χ1) is 5.11. The van der Waals surface area contributed by atoms with Crippen LogP contribution in [0.3, 0.4) is 0 Å². The highest BCUT2D eigenvalue weighted by molar-refractivity contribution is 5.71. The standard InChI is InChI=1S/C8H14O3/c1-5(2)3-6(8(9)10)7-4-11-7/h5-7H,3-4H2,1-2H3,(H,9,10)/t6-,7-/m0/s1. The van der Waals surface area contributed by atoms with E-state index in [9.17, 15) is 4.79 Å². The second-order valence-corrected chi connectivity index (χ2v) is 3.45. The van der Waals surface area contributed by atoms with Crippen LogP contribution in [0, 0.1) is 11.8 Å². The van der Waals surface area contributed by atoms with Gasteiger partial charge in [0.25, 0.3) is 0 Å². The number of hydrogen-bond acceptors (Lipinski definition) is 2. The van der Waals surface area contributed by atoms with Gasteiger partial charge < -0.3 is 9.84 Å². The first-order valence-electron chi connectivity index (χ1n) is 3.95. The molecule has 1 N–H and O–H groups in total. The van der Waals surface area contributed by atoms with Crippen molar-refractivity contribution in [3.8, 4) is 0 Å². The quantitative estimate of drug-likeness (QED) is 0.624. The molecule has 0 radical (unpaired) electrons. The van der Waals surface area contributed by atoms with Crippen molar-refractivity contribution >= 4 is 5.97 Å². The Morgan fingerprint density at radius 3 is 2.55 bits per heavy atom. The van der Waals surface area contributed by atoms with E-state index in [4.69, 9.17) is 9.84 Å². The second kappa shape index (κ2) is 3.22. The summed E-state index contributed by atoms with van der Waals surface area (Å²) in [4.78, 5) is 10.6. The molecular weight excluding hydrogens is 144 g/mol. The molecule has 1 fully saturated rings. The van der Waals surface area contributed by atoms with Crippen molar-refractivity contribution < 1.29 is 14.6 Å². The number of hydrogen-bond donors (Lipinski definition) is 1. The Morgan fingerprint density at radius 1 is 1.73 bits per heavy atom. The molecule has 1 aliphatic heterocycles. The first kappa shape index (κ1) is 8.53. The highest BCUT2D eigenvalue weighted by Gasteiger charge is 2.37. The number of carbonyl (C=O) groups is 1. The summed E-state index contributed by atoms with van der Waals surface area (Å²) >= 11 is 0. The molecule has 0 saturated carbocycles. The molecule has 0 bridgehead atoms. The molecule has 0 aliphatic carbocycles. The molecule has 0 aromatic heterocycles. The Balaban J connectivity index is 2.38. The van der Waals surface area contributed by atoms with E-state index < -0.39 is 5.97 Å². The summed E-state index contributed by atoms with van der Waals surface area (Å²) in [5.74, 6) is -0.573. The Kier molecular flexibility index (Phi) is 2.49. The lowest BCUT2D eigenvalue weighted by Gasteiger charge is -2.10. The zero-order valence-corrected chi connectivity index (χ0v) is 6.91. The number of ether oxygens (including phenoxy) is 1. The molecule has 11 heavy (non-hydrogen) atoms. The predicted molar refractivity (Wildman–Crippen MR) is 40.3 cm³/mol. The lowest BCUT2D eigenvalue weighted by molar-refractivity contribution is -0.143. The van der Waals surface area contributed by atoms with E-state index in [1.54, 1.807) is 0 Å². The van der Waals surface area contributed by atoms with Gasteiger partial charge in [-0.15, -0.1) is 0 Å². The maximum Gasteiger partial charge on any atom is 0.309 e. The zero-order valence-electron chi connectivity index (χ0n) is 6.91. The molecular formula is C8H14O3. The van der Waals surface area contributed by atoms with Crippen LogP contribution < -0.4 is 0 Å². The second-order valence-electron chi connectivity index (χ2n) is 3.45. The van der Waals surface area contributed by atoms with E-state index in [1.807, 2.05) is 13.8 Å². The molecule has 3 heteroatoms. The van der Waals surface area contributed by atoms with Crippen LogP contribution in [-0.4, -0.2) is 23.8 Å². The Hall–Kier alpha value is -0.570. The molecule has 64 valence electrons. The summed E-state index contributed by atoms with van der Waals surface area (Å²) < 4.78 is 4.95. The highest BCUT2D eigenvalue weighted by atomic mass is 16.6. The summed E-state index contributed by atoms with van der Waals surface area (Å²) in [6, 6.07) is 0. The summed E-state index contributed by atoms with van der Waals surface area (Å²) in [5.41, 5.74) is 0. The fourth-order valence-electron chi connectivity index (χ4n) is 1.21. The molecule has 1 aliphatic rings. The van der Waals surface area contributed by atoms with Crippen LogP contribution in [0.25, 0.3) is 0 Å². The van der Waals surface area contributed by atoms with Gasteiger partial charge in [0.15, 0.2) is 0 Å². The number of epoxide rings is 1. The Bertz CT molecular complexity index is 149. The molecule has 3 nitrogen and oxygen atoms in total.